The van der Waals surface area contributed by atoms with Crippen LogP contribution in [0.2, 0.25) is 0 Å². The molecule has 0 saturated heterocycles. The minimum Gasteiger partial charge on any atom is -0.394 e. The van der Waals surface area contributed by atoms with E-state index < -0.39 is 31.0 Å². The second-order valence-corrected chi connectivity index (χ2v) is 4.89. The number of ether oxygens (including phenoxy) is 1. The highest BCUT2D eigenvalue weighted by Crippen LogP contribution is 2.20. The molecule has 108 valence electrons. The van der Waals surface area contributed by atoms with Gasteiger partial charge in [0.1, 0.15) is 24.4 Å². The quantitative estimate of drug-likeness (QED) is 0.394. The summed E-state index contributed by atoms with van der Waals surface area (Å²) in [4.78, 5) is 0. The van der Waals surface area contributed by atoms with Crippen molar-refractivity contribution in [2.75, 3.05) is 13.2 Å². The number of rotatable bonds is 7. The van der Waals surface area contributed by atoms with Gasteiger partial charge in [-0.1, -0.05) is 19.3 Å². The molecule has 5 N–H and O–H groups in total. The molecule has 18 heavy (non-hydrogen) atoms. The highest BCUT2D eigenvalue weighted by atomic mass is 16.5. The van der Waals surface area contributed by atoms with Crippen LogP contribution >= 0.6 is 0 Å². The molecule has 1 saturated carbocycles. The van der Waals surface area contributed by atoms with Crippen LogP contribution in [0.25, 0.3) is 0 Å². The van der Waals surface area contributed by atoms with Crippen LogP contribution in [-0.4, -0.2) is 69.3 Å². The average molecular weight is 264 g/mol. The van der Waals surface area contributed by atoms with Crippen LogP contribution < -0.4 is 0 Å². The minimum atomic E-state index is -1.58. The van der Waals surface area contributed by atoms with E-state index in [1.54, 1.807) is 0 Å². The van der Waals surface area contributed by atoms with Crippen molar-refractivity contribution >= 4 is 0 Å². The summed E-state index contributed by atoms with van der Waals surface area (Å²) in [6.45, 7) is -0.754. The molecule has 0 aromatic rings. The number of hydrogen-bond donors (Lipinski definition) is 5. The molecule has 0 bridgehead atoms. The van der Waals surface area contributed by atoms with Gasteiger partial charge in [-0.2, -0.15) is 0 Å². The van der Waals surface area contributed by atoms with E-state index in [2.05, 4.69) is 0 Å². The lowest BCUT2D eigenvalue weighted by Crippen LogP contribution is -2.47. The zero-order chi connectivity index (χ0) is 13.5. The predicted octanol–water partition coefficient (Wildman–Crippen LogP) is -1.23. The van der Waals surface area contributed by atoms with E-state index in [0.717, 1.165) is 25.7 Å². The summed E-state index contributed by atoms with van der Waals surface area (Å²) in [5.74, 6) is 0. The lowest BCUT2D eigenvalue weighted by Gasteiger charge is -2.28. The SMILES string of the molecule is OCC(O)C(O)C(O)C(O)COC1CCCCC1. The Kier molecular flexibility index (Phi) is 7.06. The summed E-state index contributed by atoms with van der Waals surface area (Å²) < 4.78 is 5.46. The molecule has 4 atom stereocenters. The first-order chi connectivity index (χ1) is 8.56. The Morgan fingerprint density at radius 1 is 0.889 bits per heavy atom. The average Bonchev–Trinajstić information content (AvgIpc) is 2.43. The standard InChI is InChI=1S/C12H24O6/c13-6-9(14)11(16)12(17)10(15)7-18-8-4-2-1-3-5-8/h8-17H,1-7H2. The van der Waals surface area contributed by atoms with Crippen LogP contribution in [-0.2, 0) is 4.74 Å². The highest BCUT2D eigenvalue weighted by Gasteiger charge is 2.30. The molecule has 0 heterocycles. The van der Waals surface area contributed by atoms with Gasteiger partial charge in [-0.3, -0.25) is 0 Å². The van der Waals surface area contributed by atoms with Gasteiger partial charge in [0.2, 0.25) is 0 Å². The van der Waals surface area contributed by atoms with Crippen LogP contribution in [0.5, 0.6) is 0 Å². The molecule has 6 nitrogen and oxygen atoms in total. The Morgan fingerprint density at radius 3 is 2.00 bits per heavy atom. The van der Waals surface area contributed by atoms with Gasteiger partial charge in [0.25, 0.3) is 0 Å². The largest absolute Gasteiger partial charge is 0.394 e. The van der Waals surface area contributed by atoms with Crippen LogP contribution in [0.1, 0.15) is 32.1 Å². The van der Waals surface area contributed by atoms with Crippen LogP contribution in [0, 0.1) is 0 Å². The lowest BCUT2D eigenvalue weighted by atomic mass is 9.97. The molecule has 4 unspecified atom stereocenters. The zero-order valence-corrected chi connectivity index (χ0v) is 10.5. The van der Waals surface area contributed by atoms with E-state index in [1.165, 1.54) is 6.42 Å². The van der Waals surface area contributed by atoms with Crippen molar-refractivity contribution in [3.63, 3.8) is 0 Å². The molecule has 0 aromatic heterocycles. The Bertz CT molecular complexity index is 219. The van der Waals surface area contributed by atoms with Crippen molar-refractivity contribution in [3.8, 4) is 0 Å². The van der Waals surface area contributed by atoms with E-state index in [1.807, 2.05) is 0 Å². The van der Waals surface area contributed by atoms with E-state index in [9.17, 15) is 15.3 Å². The summed E-state index contributed by atoms with van der Waals surface area (Å²) >= 11 is 0. The molecule has 1 aliphatic rings. The minimum absolute atomic E-state index is 0.0823. The first-order valence-electron chi connectivity index (χ1n) is 6.51. The fourth-order valence-corrected chi connectivity index (χ4v) is 2.13. The Balaban J connectivity index is 2.27. The van der Waals surface area contributed by atoms with E-state index >= 15 is 0 Å². The molecular weight excluding hydrogens is 240 g/mol. The second kappa shape index (κ2) is 8.04. The van der Waals surface area contributed by atoms with E-state index in [0.29, 0.717) is 0 Å². The number of aliphatic hydroxyl groups excluding tert-OH is 5. The first kappa shape index (κ1) is 15.8. The van der Waals surface area contributed by atoms with Crippen LogP contribution in [0.4, 0.5) is 0 Å². The third-order valence-electron chi connectivity index (χ3n) is 3.38. The van der Waals surface area contributed by atoms with Crippen molar-refractivity contribution in [1.82, 2.24) is 0 Å². The molecule has 0 radical (unpaired) electrons. The fourth-order valence-electron chi connectivity index (χ4n) is 2.13. The van der Waals surface area contributed by atoms with Gasteiger partial charge in [-0.05, 0) is 12.8 Å². The van der Waals surface area contributed by atoms with E-state index in [-0.39, 0.29) is 12.7 Å². The number of aliphatic hydroxyl groups is 5. The maximum atomic E-state index is 9.64. The van der Waals surface area contributed by atoms with Crippen molar-refractivity contribution in [2.45, 2.75) is 62.6 Å². The van der Waals surface area contributed by atoms with Gasteiger partial charge >= 0.3 is 0 Å². The molecule has 6 heteroatoms. The summed E-state index contributed by atoms with van der Waals surface area (Å²) in [5, 5.41) is 46.4. The number of hydrogen-bond acceptors (Lipinski definition) is 6. The third-order valence-corrected chi connectivity index (χ3v) is 3.38. The summed E-state index contributed by atoms with van der Waals surface area (Å²) in [7, 11) is 0. The van der Waals surface area contributed by atoms with E-state index in [4.69, 9.17) is 14.9 Å². The Morgan fingerprint density at radius 2 is 1.44 bits per heavy atom. The maximum Gasteiger partial charge on any atom is 0.111 e. The van der Waals surface area contributed by atoms with Crippen LogP contribution in [0.15, 0.2) is 0 Å². The predicted molar refractivity (Wildman–Crippen MR) is 63.9 cm³/mol. The molecule has 0 spiro atoms. The van der Waals surface area contributed by atoms with Gasteiger partial charge in [-0.15, -0.1) is 0 Å². The summed E-state index contributed by atoms with van der Waals surface area (Å²) in [5.41, 5.74) is 0. The highest BCUT2D eigenvalue weighted by molar-refractivity contribution is 4.80. The van der Waals surface area contributed by atoms with Gasteiger partial charge < -0.3 is 30.3 Å². The molecule has 0 amide bonds. The zero-order valence-electron chi connectivity index (χ0n) is 10.5. The van der Waals surface area contributed by atoms with Crippen molar-refractivity contribution in [3.05, 3.63) is 0 Å². The molecular formula is C12H24O6. The van der Waals surface area contributed by atoms with Crippen molar-refractivity contribution in [1.29, 1.82) is 0 Å². The van der Waals surface area contributed by atoms with Gasteiger partial charge in [0.05, 0.1) is 19.3 Å². The smallest absolute Gasteiger partial charge is 0.111 e. The third kappa shape index (κ3) is 4.79. The van der Waals surface area contributed by atoms with Gasteiger partial charge in [0, 0.05) is 0 Å². The molecule has 1 rings (SSSR count). The normalized spacial score (nSPS) is 24.5. The van der Waals surface area contributed by atoms with Crippen LogP contribution in [0.3, 0.4) is 0 Å². The molecule has 1 aliphatic carbocycles. The lowest BCUT2D eigenvalue weighted by molar-refractivity contribution is -0.136. The fraction of sp³-hybridized carbons (Fsp3) is 1.00. The second-order valence-electron chi connectivity index (χ2n) is 4.89. The molecule has 0 aromatic carbocycles. The monoisotopic (exact) mass is 264 g/mol. The first-order valence-corrected chi connectivity index (χ1v) is 6.51. The van der Waals surface area contributed by atoms with Gasteiger partial charge in [-0.25, -0.2) is 0 Å². The molecule has 0 aliphatic heterocycles. The Hall–Kier alpha value is -0.240. The maximum absolute atomic E-state index is 9.64. The summed E-state index contributed by atoms with van der Waals surface area (Å²) in [6.07, 6.45) is -0.449. The van der Waals surface area contributed by atoms with Crippen molar-refractivity contribution in [2.24, 2.45) is 0 Å². The summed E-state index contributed by atoms with van der Waals surface area (Å²) in [6, 6.07) is 0. The molecule has 1 fully saturated rings. The Labute approximate surface area is 107 Å². The van der Waals surface area contributed by atoms with Crippen molar-refractivity contribution < 1.29 is 30.3 Å². The van der Waals surface area contributed by atoms with Gasteiger partial charge in [0.15, 0.2) is 0 Å². The topological polar surface area (TPSA) is 110 Å².